The van der Waals surface area contributed by atoms with Gasteiger partial charge in [0.2, 0.25) is 5.91 Å². The zero-order chi connectivity index (χ0) is 22.8. The molecule has 0 spiro atoms. The topological polar surface area (TPSA) is 89.8 Å². The van der Waals surface area contributed by atoms with Gasteiger partial charge in [-0.2, -0.15) is 0 Å². The van der Waals surface area contributed by atoms with E-state index in [1.807, 2.05) is 19.1 Å². The lowest BCUT2D eigenvalue weighted by Gasteiger charge is -2.16. The highest BCUT2D eigenvalue weighted by molar-refractivity contribution is 8.00. The number of benzene rings is 1. The Morgan fingerprint density at radius 3 is 2.62 bits per heavy atom. The van der Waals surface area contributed by atoms with Crippen LogP contribution in [0.1, 0.15) is 12.5 Å². The number of nitrogens with zero attached hydrogens (tertiary/aromatic N) is 4. The van der Waals surface area contributed by atoms with Crippen LogP contribution in [0.2, 0.25) is 10.0 Å². The Kier molecular flexibility index (Phi) is 6.45. The number of para-hydroxylation sites is 1. The Morgan fingerprint density at radius 2 is 1.91 bits per heavy atom. The molecule has 0 aliphatic heterocycles. The summed E-state index contributed by atoms with van der Waals surface area (Å²) >= 11 is 13.1. The van der Waals surface area contributed by atoms with Crippen LogP contribution < -0.4 is 10.9 Å². The first-order valence-corrected chi connectivity index (χ1v) is 11.2. The third-order valence-electron chi connectivity index (χ3n) is 4.57. The molecule has 1 aromatic carbocycles. The van der Waals surface area contributed by atoms with Gasteiger partial charge >= 0.3 is 0 Å². The van der Waals surface area contributed by atoms with Gasteiger partial charge < -0.3 is 5.32 Å². The molecule has 32 heavy (non-hydrogen) atoms. The number of aryl methyl sites for hydroxylation is 1. The highest BCUT2D eigenvalue weighted by Gasteiger charge is 2.22. The minimum atomic E-state index is -0.617. The Balaban J connectivity index is 1.71. The third-order valence-corrected chi connectivity index (χ3v) is 6.12. The molecule has 0 fully saturated rings. The Hall–Kier alpha value is -2.94. The van der Waals surface area contributed by atoms with Gasteiger partial charge in [-0.25, -0.2) is 19.5 Å². The molecule has 0 aliphatic carbocycles. The van der Waals surface area contributed by atoms with Gasteiger partial charge in [-0.05, 0) is 43.7 Å². The second kappa shape index (κ2) is 9.28. The van der Waals surface area contributed by atoms with E-state index in [1.165, 1.54) is 16.8 Å². The second-order valence-electron chi connectivity index (χ2n) is 6.98. The molecule has 162 valence electrons. The first-order chi connectivity index (χ1) is 15.3. The van der Waals surface area contributed by atoms with Crippen molar-refractivity contribution in [2.45, 2.75) is 24.3 Å². The van der Waals surface area contributed by atoms with Gasteiger partial charge in [0.25, 0.3) is 5.56 Å². The van der Waals surface area contributed by atoms with E-state index in [2.05, 4.69) is 20.3 Å². The maximum absolute atomic E-state index is 13.3. The van der Waals surface area contributed by atoms with Crippen LogP contribution in [0, 0.1) is 6.92 Å². The highest BCUT2D eigenvalue weighted by Crippen LogP contribution is 2.27. The SMILES string of the molecule is Cc1ccc(-n2c(SC(C)C(=O)Nc3ncc(Cl)cc3Cl)nc3ccccc3c2=O)nc1. The monoisotopic (exact) mass is 485 g/mol. The van der Waals surface area contributed by atoms with Crippen molar-refractivity contribution in [3.8, 4) is 5.82 Å². The smallest absolute Gasteiger partial charge is 0.267 e. The molecule has 1 unspecified atom stereocenters. The molecule has 3 heterocycles. The van der Waals surface area contributed by atoms with Crippen molar-refractivity contribution in [2.24, 2.45) is 0 Å². The molecule has 3 aromatic heterocycles. The number of halogens is 2. The second-order valence-corrected chi connectivity index (χ2v) is 9.13. The van der Waals surface area contributed by atoms with E-state index < -0.39 is 5.25 Å². The van der Waals surface area contributed by atoms with E-state index in [1.54, 1.807) is 37.4 Å². The Bertz CT molecular complexity index is 1380. The van der Waals surface area contributed by atoms with Crippen molar-refractivity contribution >= 4 is 57.6 Å². The number of anilines is 1. The van der Waals surface area contributed by atoms with Gasteiger partial charge in [-0.15, -0.1) is 0 Å². The molecule has 0 radical (unpaired) electrons. The zero-order valence-electron chi connectivity index (χ0n) is 17.0. The maximum Gasteiger partial charge on any atom is 0.267 e. The first kappa shape index (κ1) is 22.3. The van der Waals surface area contributed by atoms with E-state index in [0.29, 0.717) is 26.9 Å². The number of aromatic nitrogens is 4. The van der Waals surface area contributed by atoms with Crippen LogP contribution in [0.15, 0.2) is 64.8 Å². The Labute approximate surface area is 197 Å². The fourth-order valence-electron chi connectivity index (χ4n) is 2.92. The van der Waals surface area contributed by atoms with Crippen molar-refractivity contribution < 1.29 is 4.79 Å². The molecule has 0 saturated carbocycles. The lowest BCUT2D eigenvalue weighted by Crippen LogP contribution is -2.27. The minimum Gasteiger partial charge on any atom is -0.308 e. The number of pyridine rings is 2. The fourth-order valence-corrected chi connectivity index (χ4v) is 4.26. The Morgan fingerprint density at radius 1 is 1.12 bits per heavy atom. The summed E-state index contributed by atoms with van der Waals surface area (Å²) in [6.45, 7) is 3.62. The van der Waals surface area contributed by atoms with Crippen LogP contribution in [0.5, 0.6) is 0 Å². The van der Waals surface area contributed by atoms with E-state index >= 15 is 0 Å². The van der Waals surface area contributed by atoms with Crippen molar-refractivity contribution in [1.82, 2.24) is 19.5 Å². The van der Waals surface area contributed by atoms with E-state index in [-0.39, 0.29) is 22.3 Å². The molecule has 1 amide bonds. The molecule has 4 rings (SSSR count). The van der Waals surface area contributed by atoms with Gasteiger partial charge in [0, 0.05) is 12.4 Å². The fraction of sp³-hybridized carbons (Fsp3) is 0.136. The van der Waals surface area contributed by atoms with Gasteiger partial charge in [0.15, 0.2) is 11.0 Å². The quantitative estimate of drug-likeness (QED) is 0.319. The number of nitrogens with one attached hydrogen (secondary N) is 1. The normalized spacial score (nSPS) is 12.0. The number of hydrogen-bond donors (Lipinski definition) is 1. The molecule has 0 bridgehead atoms. The van der Waals surface area contributed by atoms with Crippen molar-refractivity contribution in [3.63, 3.8) is 0 Å². The summed E-state index contributed by atoms with van der Waals surface area (Å²) in [6, 6.07) is 12.2. The average Bonchev–Trinajstić information content (AvgIpc) is 2.77. The van der Waals surface area contributed by atoms with Crippen LogP contribution in [0.25, 0.3) is 16.7 Å². The standard InChI is InChI=1S/C22H17Cl2N5O2S/c1-12-7-8-18(25-10-12)29-21(31)15-5-3-4-6-17(15)27-22(29)32-13(2)20(30)28-19-16(24)9-14(23)11-26-19/h3-11,13H,1-2H3,(H,26,28,30). The van der Waals surface area contributed by atoms with E-state index in [9.17, 15) is 9.59 Å². The number of rotatable bonds is 5. The first-order valence-electron chi connectivity index (χ1n) is 9.57. The summed E-state index contributed by atoms with van der Waals surface area (Å²) in [5.74, 6) is 0.284. The average molecular weight is 486 g/mol. The number of amides is 1. The number of thioether (sulfide) groups is 1. The summed E-state index contributed by atoms with van der Waals surface area (Å²) in [4.78, 5) is 39.2. The molecule has 1 atom stereocenters. The molecular weight excluding hydrogens is 469 g/mol. The van der Waals surface area contributed by atoms with Gasteiger partial charge in [-0.3, -0.25) is 9.59 Å². The predicted octanol–water partition coefficient (Wildman–Crippen LogP) is 4.91. The number of carbonyl (C=O) groups excluding carboxylic acids is 1. The predicted molar refractivity (Wildman–Crippen MR) is 128 cm³/mol. The van der Waals surface area contributed by atoms with Crippen LogP contribution in [0.4, 0.5) is 5.82 Å². The summed E-state index contributed by atoms with van der Waals surface area (Å²) < 4.78 is 1.42. The lowest BCUT2D eigenvalue weighted by atomic mass is 10.2. The maximum atomic E-state index is 13.3. The summed E-state index contributed by atoms with van der Waals surface area (Å²) in [7, 11) is 0. The van der Waals surface area contributed by atoms with Crippen LogP contribution in [-0.4, -0.2) is 30.7 Å². The minimum absolute atomic E-state index is 0.206. The largest absolute Gasteiger partial charge is 0.308 e. The van der Waals surface area contributed by atoms with Crippen molar-refractivity contribution in [3.05, 3.63) is 80.8 Å². The van der Waals surface area contributed by atoms with Gasteiger partial charge in [0.05, 0.1) is 26.2 Å². The van der Waals surface area contributed by atoms with Crippen molar-refractivity contribution in [2.75, 3.05) is 5.32 Å². The molecule has 1 N–H and O–H groups in total. The molecule has 0 aliphatic rings. The summed E-state index contributed by atoms with van der Waals surface area (Å²) in [5, 5.41) is 3.48. The lowest BCUT2D eigenvalue weighted by molar-refractivity contribution is -0.115. The van der Waals surface area contributed by atoms with Gasteiger partial charge in [0.1, 0.15) is 5.82 Å². The van der Waals surface area contributed by atoms with Crippen LogP contribution >= 0.6 is 35.0 Å². The van der Waals surface area contributed by atoms with Crippen LogP contribution in [-0.2, 0) is 4.79 Å². The molecule has 7 nitrogen and oxygen atoms in total. The van der Waals surface area contributed by atoms with Crippen molar-refractivity contribution in [1.29, 1.82) is 0 Å². The van der Waals surface area contributed by atoms with Crippen LogP contribution in [0.3, 0.4) is 0 Å². The number of fused-ring (bicyclic) bond motifs is 1. The molecule has 0 saturated heterocycles. The van der Waals surface area contributed by atoms with E-state index in [4.69, 9.17) is 23.2 Å². The van der Waals surface area contributed by atoms with E-state index in [0.717, 1.165) is 17.3 Å². The number of hydrogen-bond acceptors (Lipinski definition) is 6. The summed E-state index contributed by atoms with van der Waals surface area (Å²) in [5.41, 5.74) is 1.24. The molecule has 4 aromatic rings. The summed E-state index contributed by atoms with van der Waals surface area (Å²) in [6.07, 6.45) is 3.07. The van der Waals surface area contributed by atoms with Gasteiger partial charge in [-0.1, -0.05) is 53.2 Å². The third kappa shape index (κ3) is 4.62. The number of carbonyl (C=O) groups is 1. The zero-order valence-corrected chi connectivity index (χ0v) is 19.4. The molecule has 10 heteroatoms. The molecular formula is C22H17Cl2N5O2S. The highest BCUT2D eigenvalue weighted by atomic mass is 35.5.